The Hall–Kier alpha value is -1.85. The van der Waals surface area contributed by atoms with Crippen molar-refractivity contribution in [1.82, 2.24) is 19.6 Å². The first kappa shape index (κ1) is 5.90. The van der Waals surface area contributed by atoms with E-state index in [-0.39, 0.29) is 11.2 Å². The normalized spacial score (nSPS) is 10.5. The number of nitrogens with zero attached hydrogens (tertiary/aromatic N) is 3. The molecule has 0 saturated heterocycles. The van der Waals surface area contributed by atoms with Crippen LogP contribution >= 0.6 is 0 Å². The lowest BCUT2D eigenvalue weighted by molar-refractivity contribution is 0.903. The van der Waals surface area contributed by atoms with Gasteiger partial charge >= 0.3 is 0 Å². The third-order valence-electron chi connectivity index (χ3n) is 1.34. The van der Waals surface area contributed by atoms with Gasteiger partial charge in [0.2, 0.25) is 0 Å². The van der Waals surface area contributed by atoms with Crippen LogP contribution in [0.4, 0.5) is 5.69 Å². The fraction of sp³-hybridized carbons (Fsp3) is 0. The van der Waals surface area contributed by atoms with Crippen LogP contribution in [0.3, 0.4) is 0 Å². The lowest BCUT2D eigenvalue weighted by Gasteiger charge is -1.90. The monoisotopic (exact) mass is 151 g/mol. The van der Waals surface area contributed by atoms with Gasteiger partial charge in [-0.3, -0.25) is 9.89 Å². The van der Waals surface area contributed by atoms with Crippen LogP contribution in [0.15, 0.2) is 17.3 Å². The Morgan fingerprint density at radius 1 is 1.55 bits per heavy atom. The van der Waals surface area contributed by atoms with Crippen LogP contribution < -0.4 is 11.3 Å². The van der Waals surface area contributed by atoms with Crippen LogP contribution in [0.1, 0.15) is 0 Å². The molecule has 2 heterocycles. The van der Waals surface area contributed by atoms with Gasteiger partial charge in [0.1, 0.15) is 12.0 Å². The molecule has 2 aromatic heterocycles. The van der Waals surface area contributed by atoms with Gasteiger partial charge in [-0.05, 0) is 0 Å². The molecule has 0 aliphatic rings. The van der Waals surface area contributed by atoms with E-state index in [9.17, 15) is 4.79 Å². The van der Waals surface area contributed by atoms with Gasteiger partial charge in [-0.1, -0.05) is 0 Å². The topological polar surface area (TPSA) is 89.1 Å². The quantitative estimate of drug-likeness (QED) is 0.505. The van der Waals surface area contributed by atoms with Crippen molar-refractivity contribution in [2.75, 3.05) is 5.73 Å². The van der Waals surface area contributed by atoms with Crippen LogP contribution in [0.2, 0.25) is 0 Å². The number of hydrogen-bond acceptors (Lipinski definition) is 4. The molecule has 0 radical (unpaired) electrons. The van der Waals surface area contributed by atoms with Crippen LogP contribution in [-0.2, 0) is 0 Å². The maximum absolute atomic E-state index is 11.1. The summed E-state index contributed by atoms with van der Waals surface area (Å²) in [7, 11) is 0. The largest absolute Gasteiger partial charge is 0.393 e. The van der Waals surface area contributed by atoms with E-state index in [0.29, 0.717) is 5.78 Å². The summed E-state index contributed by atoms with van der Waals surface area (Å²) in [6.45, 7) is 0. The first-order valence-electron chi connectivity index (χ1n) is 2.95. The molecule has 0 saturated carbocycles. The summed E-state index contributed by atoms with van der Waals surface area (Å²) < 4.78 is 1.18. The second-order valence-corrected chi connectivity index (χ2v) is 2.04. The Kier molecular flexibility index (Phi) is 0.974. The van der Waals surface area contributed by atoms with Crippen molar-refractivity contribution in [2.24, 2.45) is 0 Å². The predicted molar refractivity (Wildman–Crippen MR) is 38.0 cm³/mol. The molecule has 0 amide bonds. The minimum atomic E-state index is -0.326. The lowest BCUT2D eigenvalue weighted by atomic mass is 10.5. The molecule has 0 bridgehead atoms. The number of nitrogen functional groups attached to an aromatic ring is 1. The van der Waals surface area contributed by atoms with Gasteiger partial charge in [0.15, 0.2) is 0 Å². The van der Waals surface area contributed by atoms with Crippen molar-refractivity contribution in [3.63, 3.8) is 0 Å². The molecule has 6 nitrogen and oxygen atoms in total. The van der Waals surface area contributed by atoms with Crippen LogP contribution in [0, 0.1) is 0 Å². The van der Waals surface area contributed by atoms with Gasteiger partial charge in [-0.2, -0.15) is 4.52 Å². The van der Waals surface area contributed by atoms with Crippen molar-refractivity contribution in [1.29, 1.82) is 0 Å². The molecule has 2 aromatic rings. The van der Waals surface area contributed by atoms with E-state index in [2.05, 4.69) is 15.1 Å². The van der Waals surface area contributed by atoms with Gasteiger partial charge in [-0.15, -0.1) is 0 Å². The highest BCUT2D eigenvalue weighted by atomic mass is 16.1. The molecule has 0 spiro atoms. The summed E-state index contributed by atoms with van der Waals surface area (Å²) in [6, 6.07) is 0. The van der Waals surface area contributed by atoms with Gasteiger partial charge in [-0.25, -0.2) is 9.97 Å². The molecule has 0 aliphatic heterocycles. The number of anilines is 1. The molecule has 0 aromatic carbocycles. The number of fused-ring (bicyclic) bond motifs is 1. The second kappa shape index (κ2) is 1.82. The Balaban J connectivity index is 3.05. The van der Waals surface area contributed by atoms with E-state index >= 15 is 0 Å². The van der Waals surface area contributed by atoms with Gasteiger partial charge in [0, 0.05) is 0 Å². The fourth-order valence-corrected chi connectivity index (χ4v) is 0.812. The Morgan fingerprint density at radius 2 is 2.36 bits per heavy atom. The number of nitrogens with one attached hydrogen (secondary N) is 1. The van der Waals surface area contributed by atoms with Crippen molar-refractivity contribution in [3.8, 4) is 0 Å². The number of rotatable bonds is 0. The van der Waals surface area contributed by atoms with E-state index in [1.54, 1.807) is 0 Å². The van der Waals surface area contributed by atoms with Gasteiger partial charge in [0.25, 0.3) is 11.3 Å². The Morgan fingerprint density at radius 3 is 3.18 bits per heavy atom. The molecule has 0 aliphatic carbocycles. The summed E-state index contributed by atoms with van der Waals surface area (Å²) in [4.78, 5) is 18.7. The molecular weight excluding hydrogens is 146 g/mol. The van der Waals surface area contributed by atoms with Crippen molar-refractivity contribution < 1.29 is 0 Å². The summed E-state index contributed by atoms with van der Waals surface area (Å²) >= 11 is 0. The average Bonchev–Trinajstić information content (AvgIpc) is 2.45. The highest BCUT2D eigenvalue weighted by Crippen LogP contribution is 1.90. The number of aromatic nitrogens is 4. The molecule has 0 unspecified atom stereocenters. The highest BCUT2D eigenvalue weighted by Gasteiger charge is 2.00. The molecule has 11 heavy (non-hydrogen) atoms. The van der Waals surface area contributed by atoms with Crippen molar-refractivity contribution in [3.05, 3.63) is 22.9 Å². The molecule has 0 fully saturated rings. The predicted octanol–water partition coefficient (Wildman–Crippen LogP) is -1.00. The fourth-order valence-electron chi connectivity index (χ4n) is 0.812. The summed E-state index contributed by atoms with van der Waals surface area (Å²) in [5, 5.41) is 2.58. The third kappa shape index (κ3) is 0.689. The summed E-state index contributed by atoms with van der Waals surface area (Å²) in [6.07, 6.45) is 2.67. The smallest absolute Gasteiger partial charge is 0.297 e. The zero-order valence-electron chi connectivity index (χ0n) is 5.48. The zero-order chi connectivity index (χ0) is 7.84. The Bertz CT molecular complexity index is 441. The molecule has 0 atom stereocenters. The molecule has 3 N–H and O–H groups in total. The highest BCUT2D eigenvalue weighted by molar-refractivity contribution is 5.37. The maximum atomic E-state index is 11.1. The van der Waals surface area contributed by atoms with E-state index in [1.165, 1.54) is 17.0 Å². The van der Waals surface area contributed by atoms with E-state index in [1.807, 2.05) is 0 Å². The minimum absolute atomic E-state index is 0.103. The first-order chi connectivity index (χ1) is 5.29. The summed E-state index contributed by atoms with van der Waals surface area (Å²) in [5.74, 6) is 0.323. The molecular formula is C5H5N5O. The van der Waals surface area contributed by atoms with E-state index < -0.39 is 0 Å². The lowest BCUT2D eigenvalue weighted by Crippen LogP contribution is -2.18. The van der Waals surface area contributed by atoms with Crippen molar-refractivity contribution in [2.45, 2.75) is 0 Å². The Labute approximate surface area is 60.7 Å². The molecule has 56 valence electrons. The van der Waals surface area contributed by atoms with E-state index in [4.69, 9.17) is 5.73 Å². The van der Waals surface area contributed by atoms with Crippen LogP contribution in [0.5, 0.6) is 0 Å². The number of nitrogens with two attached hydrogens (primary N) is 1. The molecule has 6 heteroatoms. The maximum Gasteiger partial charge on any atom is 0.297 e. The second-order valence-electron chi connectivity index (χ2n) is 2.04. The minimum Gasteiger partial charge on any atom is -0.393 e. The standard InChI is InChI=1S/C5H5N5O/c6-3-1-7-5-8-2-9-10(5)4(3)11/h1-2H,6H2,(H,7,8,9). The number of aromatic amines is 1. The third-order valence-corrected chi connectivity index (χ3v) is 1.34. The molecule has 2 rings (SSSR count). The number of H-pyrrole nitrogens is 1. The van der Waals surface area contributed by atoms with Crippen LogP contribution in [-0.4, -0.2) is 19.6 Å². The van der Waals surface area contributed by atoms with Gasteiger partial charge < -0.3 is 5.73 Å². The van der Waals surface area contributed by atoms with Crippen molar-refractivity contribution >= 4 is 11.5 Å². The van der Waals surface area contributed by atoms with E-state index in [0.717, 1.165) is 0 Å². The summed E-state index contributed by atoms with van der Waals surface area (Å²) in [5.41, 5.74) is 5.08. The SMILES string of the molecule is Nc1cnc2nc[nH]n2c1=O. The number of hydrogen-bond donors (Lipinski definition) is 2. The average molecular weight is 151 g/mol. The van der Waals surface area contributed by atoms with Crippen LogP contribution in [0.25, 0.3) is 5.78 Å². The zero-order valence-corrected chi connectivity index (χ0v) is 5.48. The first-order valence-corrected chi connectivity index (χ1v) is 2.95. The van der Waals surface area contributed by atoms with Gasteiger partial charge in [0.05, 0.1) is 6.20 Å².